The molecule has 5 heteroatoms. The quantitative estimate of drug-likeness (QED) is 0.939. The predicted octanol–water partition coefficient (Wildman–Crippen LogP) is 2.69. The van der Waals surface area contributed by atoms with Gasteiger partial charge < -0.3 is 0 Å². The summed E-state index contributed by atoms with van der Waals surface area (Å²) < 4.78 is 16.9. The number of nitrogens with one attached hydrogen (secondary N) is 1. The monoisotopic (exact) mass is 279 g/mol. The Morgan fingerprint density at radius 3 is 2.68 bits per heavy atom. The molecule has 1 aromatic carbocycles. The van der Waals surface area contributed by atoms with E-state index in [1.54, 1.807) is 0 Å². The summed E-state index contributed by atoms with van der Waals surface area (Å²) in [6.07, 6.45) is 2.00. The van der Waals surface area contributed by atoms with E-state index in [1.807, 2.05) is 57.8 Å². The highest BCUT2D eigenvalue weighted by Crippen LogP contribution is 2.24. The molecule has 19 heavy (non-hydrogen) atoms. The van der Waals surface area contributed by atoms with E-state index in [0.717, 1.165) is 16.5 Å². The van der Waals surface area contributed by atoms with E-state index < -0.39 is 11.0 Å². The van der Waals surface area contributed by atoms with Crippen LogP contribution in [0.3, 0.4) is 0 Å². The van der Waals surface area contributed by atoms with Crippen LogP contribution in [-0.4, -0.2) is 18.7 Å². The van der Waals surface area contributed by atoms with Crippen molar-refractivity contribution < 1.29 is 4.21 Å². The van der Waals surface area contributed by atoms with Gasteiger partial charge in [0.25, 0.3) is 0 Å². The van der Waals surface area contributed by atoms with Gasteiger partial charge in [-0.3, -0.25) is 4.68 Å². The van der Waals surface area contributed by atoms with E-state index in [1.165, 1.54) is 0 Å². The fourth-order valence-corrected chi connectivity index (χ4v) is 2.76. The summed E-state index contributed by atoms with van der Waals surface area (Å²) in [7, 11) is 0.831. The Morgan fingerprint density at radius 2 is 2.05 bits per heavy atom. The molecule has 4 nitrogen and oxygen atoms in total. The first kappa shape index (κ1) is 14.2. The molecule has 1 N–H and O–H groups in total. The number of nitrogens with zero attached hydrogens (tertiary/aromatic N) is 2. The molecule has 0 radical (unpaired) electrons. The van der Waals surface area contributed by atoms with Crippen LogP contribution in [0.1, 0.15) is 39.3 Å². The van der Waals surface area contributed by atoms with Crippen molar-refractivity contribution in [1.82, 2.24) is 14.5 Å². The van der Waals surface area contributed by atoms with E-state index in [4.69, 9.17) is 0 Å². The molecule has 2 rings (SSSR count). The van der Waals surface area contributed by atoms with Crippen molar-refractivity contribution in [2.24, 2.45) is 7.05 Å². The van der Waals surface area contributed by atoms with E-state index in [9.17, 15) is 4.21 Å². The molecular formula is C14H21N3OS. The van der Waals surface area contributed by atoms with Crippen LogP contribution in [0.25, 0.3) is 10.9 Å². The molecule has 0 saturated heterocycles. The Hall–Kier alpha value is -1.20. The third kappa shape index (κ3) is 3.04. The molecule has 0 aliphatic heterocycles. The molecule has 0 spiro atoms. The molecule has 1 aromatic heterocycles. The Balaban J connectivity index is 2.31. The average Bonchev–Trinajstić information content (AvgIpc) is 2.67. The first-order valence-electron chi connectivity index (χ1n) is 6.39. The lowest BCUT2D eigenvalue weighted by atomic mass is 10.1. The van der Waals surface area contributed by atoms with Gasteiger partial charge in [0.15, 0.2) is 0 Å². The largest absolute Gasteiger partial charge is 0.275 e. The van der Waals surface area contributed by atoms with Gasteiger partial charge in [-0.25, -0.2) is 8.93 Å². The Kier molecular flexibility index (Phi) is 3.78. The van der Waals surface area contributed by atoms with Crippen LogP contribution in [0, 0.1) is 0 Å². The molecule has 2 atom stereocenters. The highest BCUT2D eigenvalue weighted by molar-refractivity contribution is 7.84. The van der Waals surface area contributed by atoms with Crippen LogP contribution < -0.4 is 4.72 Å². The van der Waals surface area contributed by atoms with Crippen molar-refractivity contribution >= 4 is 21.9 Å². The third-order valence-electron chi connectivity index (χ3n) is 3.00. The van der Waals surface area contributed by atoms with Gasteiger partial charge in [-0.1, -0.05) is 12.1 Å². The summed E-state index contributed by atoms with van der Waals surface area (Å²) in [6, 6.07) is 6.06. The first-order valence-corrected chi connectivity index (χ1v) is 7.54. The molecule has 0 fully saturated rings. The van der Waals surface area contributed by atoms with Gasteiger partial charge in [0.2, 0.25) is 0 Å². The second-order valence-electron chi connectivity index (χ2n) is 5.80. The predicted molar refractivity (Wildman–Crippen MR) is 80.2 cm³/mol. The molecule has 2 aromatic rings. The van der Waals surface area contributed by atoms with Crippen molar-refractivity contribution in [3.8, 4) is 0 Å². The third-order valence-corrected chi connectivity index (χ3v) is 4.68. The summed E-state index contributed by atoms with van der Waals surface area (Å²) >= 11 is 0. The normalized spacial score (nSPS) is 15.6. The van der Waals surface area contributed by atoms with Crippen molar-refractivity contribution in [2.45, 2.75) is 38.5 Å². The smallest absolute Gasteiger partial charge is 0.0975 e. The minimum absolute atomic E-state index is 0.0213. The highest BCUT2D eigenvalue weighted by atomic mass is 32.2. The Bertz CT molecular complexity index is 613. The molecule has 104 valence electrons. The lowest BCUT2D eigenvalue weighted by Gasteiger charge is -2.22. The van der Waals surface area contributed by atoms with Gasteiger partial charge in [0.1, 0.15) is 0 Å². The lowest BCUT2D eigenvalue weighted by Crippen LogP contribution is -2.34. The van der Waals surface area contributed by atoms with Crippen LogP contribution in [0.15, 0.2) is 24.4 Å². The van der Waals surface area contributed by atoms with E-state index in [-0.39, 0.29) is 10.8 Å². The molecule has 0 aliphatic rings. The second kappa shape index (κ2) is 5.06. The number of aromatic nitrogens is 2. The van der Waals surface area contributed by atoms with E-state index >= 15 is 0 Å². The fraction of sp³-hybridized carbons (Fsp3) is 0.500. The maximum Gasteiger partial charge on any atom is 0.0975 e. The number of fused-ring (bicyclic) bond motifs is 1. The van der Waals surface area contributed by atoms with Crippen molar-refractivity contribution in [1.29, 1.82) is 0 Å². The standard InChI is InChI=1S/C14H21N3OS/c1-10(16-19(18)14(2,3)4)11-7-6-8-13-12(11)9-17(5)15-13/h6-10,16H,1-5H3/t10-,19-/m1/s1. The van der Waals surface area contributed by atoms with Gasteiger partial charge in [-0.05, 0) is 39.3 Å². The molecular weight excluding hydrogens is 258 g/mol. The lowest BCUT2D eigenvalue weighted by molar-refractivity contribution is 0.617. The van der Waals surface area contributed by atoms with Crippen molar-refractivity contribution in [2.75, 3.05) is 0 Å². The molecule has 0 amide bonds. The molecule has 0 saturated carbocycles. The topological polar surface area (TPSA) is 46.9 Å². The van der Waals surface area contributed by atoms with E-state index in [0.29, 0.717) is 0 Å². The Morgan fingerprint density at radius 1 is 1.37 bits per heavy atom. The highest BCUT2D eigenvalue weighted by Gasteiger charge is 2.22. The summed E-state index contributed by atoms with van der Waals surface area (Å²) in [4.78, 5) is 0. The fourth-order valence-electron chi connectivity index (χ4n) is 1.96. The second-order valence-corrected chi connectivity index (χ2v) is 7.80. The number of aryl methyl sites for hydroxylation is 1. The number of benzene rings is 1. The van der Waals surface area contributed by atoms with Gasteiger partial charge >= 0.3 is 0 Å². The van der Waals surface area contributed by atoms with E-state index in [2.05, 4.69) is 15.9 Å². The van der Waals surface area contributed by atoms with Crippen LogP contribution in [-0.2, 0) is 18.0 Å². The number of rotatable bonds is 3. The maximum atomic E-state index is 12.2. The van der Waals surface area contributed by atoms with Gasteiger partial charge in [-0.15, -0.1) is 0 Å². The van der Waals surface area contributed by atoms with Gasteiger partial charge in [0, 0.05) is 24.7 Å². The minimum Gasteiger partial charge on any atom is -0.275 e. The maximum absolute atomic E-state index is 12.2. The molecule has 0 aliphatic carbocycles. The zero-order chi connectivity index (χ0) is 14.2. The summed E-state index contributed by atoms with van der Waals surface area (Å²) in [5.74, 6) is 0. The van der Waals surface area contributed by atoms with Crippen LogP contribution >= 0.6 is 0 Å². The van der Waals surface area contributed by atoms with Crippen LogP contribution in [0.4, 0.5) is 0 Å². The van der Waals surface area contributed by atoms with Gasteiger partial charge in [0.05, 0.1) is 21.2 Å². The number of hydrogen-bond acceptors (Lipinski definition) is 2. The average molecular weight is 279 g/mol. The minimum atomic E-state index is -1.08. The molecule has 0 unspecified atom stereocenters. The molecule has 1 heterocycles. The summed E-state index contributed by atoms with van der Waals surface area (Å²) in [5.41, 5.74) is 2.10. The first-order chi connectivity index (χ1) is 8.79. The summed E-state index contributed by atoms with van der Waals surface area (Å²) in [5, 5.41) is 5.50. The molecule has 0 bridgehead atoms. The van der Waals surface area contributed by atoms with Crippen LogP contribution in [0.5, 0.6) is 0 Å². The zero-order valence-corrected chi connectivity index (χ0v) is 12.9. The van der Waals surface area contributed by atoms with Crippen molar-refractivity contribution in [3.63, 3.8) is 0 Å². The Labute approximate surface area is 116 Å². The zero-order valence-electron chi connectivity index (χ0n) is 12.1. The van der Waals surface area contributed by atoms with Crippen LogP contribution in [0.2, 0.25) is 0 Å². The summed E-state index contributed by atoms with van der Waals surface area (Å²) in [6.45, 7) is 7.93. The van der Waals surface area contributed by atoms with Crippen molar-refractivity contribution in [3.05, 3.63) is 30.0 Å². The number of hydrogen-bond donors (Lipinski definition) is 1. The van der Waals surface area contributed by atoms with Gasteiger partial charge in [-0.2, -0.15) is 5.10 Å². The SMILES string of the molecule is C[C@@H](N[S@](=O)C(C)(C)C)c1cccc2nn(C)cc12.